The van der Waals surface area contributed by atoms with Crippen molar-refractivity contribution in [3.8, 4) is 0 Å². The highest BCUT2D eigenvalue weighted by Crippen LogP contribution is 2.27. The lowest BCUT2D eigenvalue weighted by Gasteiger charge is -2.36. The topological polar surface area (TPSA) is 81.7 Å². The number of aromatic nitrogens is 2. The van der Waals surface area contributed by atoms with Gasteiger partial charge in [-0.25, -0.2) is 4.98 Å². The maximum Gasteiger partial charge on any atom is 0.290 e. The third-order valence-electron chi connectivity index (χ3n) is 6.57. The zero-order valence-electron chi connectivity index (χ0n) is 21.1. The summed E-state index contributed by atoms with van der Waals surface area (Å²) in [6, 6.07) is 20.8. The number of nitrogens with zero attached hydrogens (tertiary/aromatic N) is 5. The van der Waals surface area contributed by atoms with E-state index in [1.165, 1.54) is 16.8 Å². The van der Waals surface area contributed by atoms with Crippen molar-refractivity contribution in [3.63, 3.8) is 0 Å². The minimum Gasteiger partial charge on any atom is -0.368 e. The lowest BCUT2D eigenvalue weighted by molar-refractivity contribution is -0.115. The summed E-state index contributed by atoms with van der Waals surface area (Å²) in [4.78, 5) is 40.5. The van der Waals surface area contributed by atoms with Gasteiger partial charge in [0.1, 0.15) is 5.82 Å². The van der Waals surface area contributed by atoms with Gasteiger partial charge in [-0.15, -0.1) is 0 Å². The Morgan fingerprint density at radius 2 is 1.68 bits per heavy atom. The number of hydrogen-bond acceptors (Lipinski definition) is 8. The first-order chi connectivity index (χ1) is 17.9. The van der Waals surface area contributed by atoms with Crippen LogP contribution in [0.1, 0.15) is 16.8 Å². The van der Waals surface area contributed by atoms with Gasteiger partial charge in [-0.2, -0.15) is 4.98 Å². The van der Waals surface area contributed by atoms with E-state index in [1.807, 2.05) is 31.3 Å². The molecule has 2 amide bonds. The van der Waals surface area contributed by atoms with Crippen molar-refractivity contribution in [3.05, 3.63) is 82.4 Å². The quantitative estimate of drug-likeness (QED) is 0.472. The van der Waals surface area contributed by atoms with Crippen LogP contribution in [0.15, 0.2) is 65.6 Å². The molecule has 0 saturated carbocycles. The lowest BCUT2D eigenvalue weighted by Crippen LogP contribution is -2.47. The number of amides is 2. The summed E-state index contributed by atoms with van der Waals surface area (Å²) in [5.74, 6) is 1.03. The van der Waals surface area contributed by atoms with Crippen molar-refractivity contribution < 1.29 is 9.59 Å². The average molecular weight is 515 g/mol. The summed E-state index contributed by atoms with van der Waals surface area (Å²) in [6.07, 6.45) is 2.56. The number of hydrogen-bond donors (Lipinski definition) is 1. The van der Waals surface area contributed by atoms with E-state index in [-0.39, 0.29) is 11.1 Å². The molecule has 0 radical (unpaired) electrons. The summed E-state index contributed by atoms with van der Waals surface area (Å²) in [7, 11) is 2.02. The maximum absolute atomic E-state index is 12.2. The van der Waals surface area contributed by atoms with Gasteiger partial charge in [0, 0.05) is 51.5 Å². The van der Waals surface area contributed by atoms with Crippen LogP contribution < -0.4 is 20.0 Å². The number of benzene rings is 2. The Labute approximate surface area is 221 Å². The fraction of sp³-hybridized carbons (Fsp3) is 0.286. The summed E-state index contributed by atoms with van der Waals surface area (Å²) in [5.41, 5.74) is 4.34. The van der Waals surface area contributed by atoms with Gasteiger partial charge in [0.15, 0.2) is 0 Å². The van der Waals surface area contributed by atoms with E-state index in [0.29, 0.717) is 16.5 Å². The molecule has 8 nitrogen and oxygen atoms in total. The molecule has 37 heavy (non-hydrogen) atoms. The number of likely N-dealkylation sites (N-methyl/N-ethyl adjacent to an activating group) is 1. The largest absolute Gasteiger partial charge is 0.368 e. The van der Waals surface area contributed by atoms with Crippen LogP contribution in [0.3, 0.4) is 0 Å². The summed E-state index contributed by atoms with van der Waals surface area (Å²) in [5, 5.41) is 1.95. The van der Waals surface area contributed by atoms with Gasteiger partial charge in [-0.3, -0.25) is 14.9 Å². The standard InChI is InChI=1S/C28H30N6O2S/c1-20-8-10-23(11-9-20)33-14-16-34(17-15-33)27-29-22(18-24-26(35)31-28(36)37-24)19-25(30-27)32(2)13-12-21-6-4-3-5-7-21/h3-11,18-19H,12-17H2,1-2H3,(H,31,35,36)/b24-18+. The molecule has 2 aliphatic rings. The van der Waals surface area contributed by atoms with E-state index < -0.39 is 0 Å². The Bertz CT molecular complexity index is 1300. The van der Waals surface area contributed by atoms with Crippen LogP contribution in [0.4, 0.5) is 22.2 Å². The molecule has 2 saturated heterocycles. The Balaban J connectivity index is 1.37. The van der Waals surface area contributed by atoms with Crippen LogP contribution in [0.25, 0.3) is 6.08 Å². The Kier molecular flexibility index (Phi) is 7.41. The second-order valence-corrected chi connectivity index (χ2v) is 10.3. The number of aryl methyl sites for hydroxylation is 1. The molecular weight excluding hydrogens is 484 g/mol. The van der Waals surface area contributed by atoms with E-state index >= 15 is 0 Å². The zero-order chi connectivity index (χ0) is 25.8. The van der Waals surface area contributed by atoms with Gasteiger partial charge in [-0.05, 0) is 48.9 Å². The number of anilines is 3. The number of carbonyl (C=O) groups excluding carboxylic acids is 2. The van der Waals surface area contributed by atoms with Crippen molar-refractivity contribution in [2.75, 3.05) is 54.5 Å². The Morgan fingerprint density at radius 1 is 0.973 bits per heavy atom. The van der Waals surface area contributed by atoms with Crippen LogP contribution in [0.2, 0.25) is 0 Å². The minimum atomic E-state index is -0.388. The molecule has 2 aliphatic heterocycles. The van der Waals surface area contributed by atoms with E-state index in [4.69, 9.17) is 9.97 Å². The fourth-order valence-electron chi connectivity index (χ4n) is 4.38. The van der Waals surface area contributed by atoms with Gasteiger partial charge in [0.05, 0.1) is 10.6 Å². The first kappa shape index (κ1) is 24.8. The third kappa shape index (κ3) is 6.11. The molecule has 5 rings (SSSR count). The molecule has 0 aliphatic carbocycles. The summed E-state index contributed by atoms with van der Waals surface area (Å²) in [6.45, 7) is 6.18. The van der Waals surface area contributed by atoms with Crippen molar-refractivity contribution >= 4 is 46.4 Å². The number of rotatable bonds is 7. The lowest BCUT2D eigenvalue weighted by atomic mass is 10.1. The van der Waals surface area contributed by atoms with E-state index in [1.54, 1.807) is 6.08 Å². The molecule has 3 aromatic rings. The normalized spacial score (nSPS) is 16.9. The average Bonchev–Trinajstić information content (AvgIpc) is 3.24. The fourth-order valence-corrected chi connectivity index (χ4v) is 5.05. The smallest absolute Gasteiger partial charge is 0.290 e. The molecule has 1 aromatic heterocycles. The first-order valence-corrected chi connectivity index (χ1v) is 13.2. The molecule has 0 bridgehead atoms. The van der Waals surface area contributed by atoms with Crippen LogP contribution >= 0.6 is 11.8 Å². The highest BCUT2D eigenvalue weighted by Gasteiger charge is 2.26. The number of imide groups is 1. The molecule has 0 spiro atoms. The number of nitrogens with one attached hydrogen (secondary N) is 1. The van der Waals surface area contributed by atoms with Crippen molar-refractivity contribution in [1.82, 2.24) is 15.3 Å². The predicted molar refractivity (Wildman–Crippen MR) is 150 cm³/mol. The van der Waals surface area contributed by atoms with E-state index in [9.17, 15) is 9.59 Å². The molecular formula is C28H30N6O2S. The zero-order valence-corrected chi connectivity index (χ0v) is 21.9. The molecule has 2 aromatic carbocycles. The molecule has 0 atom stereocenters. The predicted octanol–water partition coefficient (Wildman–Crippen LogP) is 4.11. The third-order valence-corrected chi connectivity index (χ3v) is 7.38. The van der Waals surface area contributed by atoms with Gasteiger partial charge >= 0.3 is 0 Å². The second-order valence-electron chi connectivity index (χ2n) is 9.27. The van der Waals surface area contributed by atoms with E-state index in [2.05, 4.69) is 63.3 Å². The SMILES string of the molecule is Cc1ccc(N2CCN(c3nc(/C=C4/SC(=O)NC4=O)cc(N(C)CCc4ccccc4)n3)CC2)cc1. The monoisotopic (exact) mass is 514 g/mol. The first-order valence-electron chi connectivity index (χ1n) is 12.4. The highest BCUT2D eigenvalue weighted by atomic mass is 32.2. The van der Waals surface area contributed by atoms with Gasteiger partial charge in [0.25, 0.3) is 11.1 Å². The summed E-state index contributed by atoms with van der Waals surface area (Å²) < 4.78 is 0. The van der Waals surface area contributed by atoms with Gasteiger partial charge in [0.2, 0.25) is 5.95 Å². The second kappa shape index (κ2) is 11.0. The van der Waals surface area contributed by atoms with Crippen molar-refractivity contribution in [2.24, 2.45) is 0 Å². The molecule has 190 valence electrons. The van der Waals surface area contributed by atoms with Gasteiger partial charge in [-0.1, -0.05) is 48.0 Å². The van der Waals surface area contributed by atoms with Crippen molar-refractivity contribution in [1.29, 1.82) is 0 Å². The maximum atomic E-state index is 12.2. The molecule has 9 heteroatoms. The minimum absolute atomic E-state index is 0.344. The highest BCUT2D eigenvalue weighted by molar-refractivity contribution is 8.18. The van der Waals surface area contributed by atoms with E-state index in [0.717, 1.165) is 56.7 Å². The van der Waals surface area contributed by atoms with Crippen LogP contribution in [-0.4, -0.2) is 60.9 Å². The van der Waals surface area contributed by atoms with Crippen LogP contribution in [0, 0.1) is 6.92 Å². The number of thioether (sulfide) groups is 1. The molecule has 2 fully saturated rings. The number of piperazine rings is 1. The summed E-state index contributed by atoms with van der Waals surface area (Å²) >= 11 is 0.898. The van der Waals surface area contributed by atoms with Gasteiger partial charge < -0.3 is 14.7 Å². The Hall–Kier alpha value is -3.85. The molecule has 0 unspecified atom stereocenters. The van der Waals surface area contributed by atoms with Crippen LogP contribution in [0.5, 0.6) is 0 Å². The van der Waals surface area contributed by atoms with Crippen molar-refractivity contribution in [2.45, 2.75) is 13.3 Å². The molecule has 1 N–H and O–H groups in total. The number of carbonyl (C=O) groups is 2. The Morgan fingerprint density at radius 3 is 2.35 bits per heavy atom. The van der Waals surface area contributed by atoms with Crippen LogP contribution in [-0.2, 0) is 11.2 Å². The molecule has 3 heterocycles.